The highest BCUT2D eigenvalue weighted by molar-refractivity contribution is 7.90. The van der Waals surface area contributed by atoms with Crippen LogP contribution in [0.4, 0.5) is 0 Å². The van der Waals surface area contributed by atoms with Gasteiger partial charge in [0.05, 0.1) is 0 Å². The van der Waals surface area contributed by atoms with E-state index < -0.39 is 21.2 Å². The van der Waals surface area contributed by atoms with Crippen molar-refractivity contribution >= 4 is 16.0 Å². The normalized spacial score (nSPS) is 16.3. The van der Waals surface area contributed by atoms with Crippen LogP contribution in [0.3, 0.4) is 0 Å². The number of carbonyl (C=O) groups is 1. The minimum Gasteiger partial charge on any atom is -0.480 e. The zero-order chi connectivity index (χ0) is 12.2. The minimum atomic E-state index is -3.77. The molecular weight excluding hydrogens is 218 g/mol. The zero-order valence-electron chi connectivity index (χ0n) is 9.52. The SMILES string of the molecule is CCC(NS(=O)(=O)C(C)C(=O)O)C(C)C. The average Bonchev–Trinajstić information content (AvgIpc) is 2.12. The predicted molar refractivity (Wildman–Crippen MR) is 58.1 cm³/mol. The Bertz CT molecular complexity index is 310. The van der Waals surface area contributed by atoms with Gasteiger partial charge in [0.25, 0.3) is 0 Å². The molecule has 0 heterocycles. The predicted octanol–water partition coefficient (Wildman–Crippen LogP) is 0.813. The highest BCUT2D eigenvalue weighted by Crippen LogP contribution is 2.09. The highest BCUT2D eigenvalue weighted by atomic mass is 32.2. The third-order valence-corrected chi connectivity index (χ3v) is 4.14. The fourth-order valence-corrected chi connectivity index (χ4v) is 2.47. The molecule has 2 N–H and O–H groups in total. The van der Waals surface area contributed by atoms with E-state index in [1.54, 1.807) is 0 Å². The van der Waals surface area contributed by atoms with Crippen LogP contribution in [-0.2, 0) is 14.8 Å². The number of nitrogens with one attached hydrogen (secondary N) is 1. The molecule has 0 aromatic carbocycles. The van der Waals surface area contributed by atoms with Crippen LogP contribution in [0, 0.1) is 5.92 Å². The van der Waals surface area contributed by atoms with Gasteiger partial charge in [0.15, 0.2) is 5.25 Å². The number of hydrogen-bond acceptors (Lipinski definition) is 3. The van der Waals surface area contributed by atoms with E-state index in [4.69, 9.17) is 5.11 Å². The molecule has 5 nitrogen and oxygen atoms in total. The smallest absolute Gasteiger partial charge is 0.323 e. The lowest BCUT2D eigenvalue weighted by molar-refractivity contribution is -0.136. The first kappa shape index (κ1) is 14.4. The van der Waals surface area contributed by atoms with E-state index in [2.05, 4.69) is 4.72 Å². The molecule has 0 aromatic rings. The van der Waals surface area contributed by atoms with Crippen molar-refractivity contribution in [2.24, 2.45) is 5.92 Å². The lowest BCUT2D eigenvalue weighted by Gasteiger charge is -2.21. The maximum absolute atomic E-state index is 11.6. The van der Waals surface area contributed by atoms with Crippen molar-refractivity contribution in [3.63, 3.8) is 0 Å². The second-order valence-electron chi connectivity index (χ2n) is 3.90. The second kappa shape index (κ2) is 5.46. The van der Waals surface area contributed by atoms with E-state index in [1.807, 2.05) is 20.8 Å². The Morgan fingerprint density at radius 3 is 2.07 bits per heavy atom. The molecule has 15 heavy (non-hydrogen) atoms. The molecule has 0 rings (SSSR count). The van der Waals surface area contributed by atoms with Gasteiger partial charge in [-0.15, -0.1) is 0 Å². The molecule has 0 spiro atoms. The summed E-state index contributed by atoms with van der Waals surface area (Å²) in [6.45, 7) is 6.81. The Labute approximate surface area is 90.9 Å². The van der Waals surface area contributed by atoms with Crippen LogP contribution in [0.25, 0.3) is 0 Å². The van der Waals surface area contributed by atoms with Gasteiger partial charge in [0.1, 0.15) is 0 Å². The molecule has 0 fully saturated rings. The molecule has 0 aliphatic carbocycles. The summed E-state index contributed by atoms with van der Waals surface area (Å²) >= 11 is 0. The number of rotatable bonds is 6. The standard InChI is InChI=1S/C9H19NO4S/c1-5-8(6(2)3)10-15(13,14)7(4)9(11)12/h6-8,10H,5H2,1-4H3,(H,11,12). The lowest BCUT2D eigenvalue weighted by atomic mass is 10.0. The van der Waals surface area contributed by atoms with E-state index >= 15 is 0 Å². The molecule has 0 aliphatic heterocycles. The number of carboxylic acid groups (broad SMARTS) is 1. The summed E-state index contributed by atoms with van der Waals surface area (Å²) < 4.78 is 25.5. The van der Waals surface area contributed by atoms with Crippen molar-refractivity contribution in [2.75, 3.05) is 0 Å². The minimum absolute atomic E-state index is 0.144. The highest BCUT2D eigenvalue weighted by Gasteiger charge is 2.30. The number of sulfonamides is 1. The Morgan fingerprint density at radius 2 is 1.80 bits per heavy atom. The Balaban J connectivity index is 4.70. The van der Waals surface area contributed by atoms with Crippen LogP contribution in [0.2, 0.25) is 0 Å². The molecule has 0 saturated heterocycles. The Hall–Kier alpha value is -0.620. The van der Waals surface area contributed by atoms with E-state index in [0.29, 0.717) is 6.42 Å². The number of aliphatic carboxylic acids is 1. The first-order chi connectivity index (χ1) is 6.72. The summed E-state index contributed by atoms with van der Waals surface area (Å²) in [4.78, 5) is 10.6. The Kier molecular flexibility index (Phi) is 5.23. The van der Waals surface area contributed by atoms with Gasteiger partial charge in [-0.05, 0) is 19.3 Å². The Morgan fingerprint density at radius 1 is 1.33 bits per heavy atom. The first-order valence-corrected chi connectivity index (χ1v) is 6.51. The van der Waals surface area contributed by atoms with Crippen molar-refractivity contribution in [1.82, 2.24) is 4.72 Å². The van der Waals surface area contributed by atoms with Gasteiger partial charge in [0.2, 0.25) is 10.0 Å². The van der Waals surface area contributed by atoms with Crippen LogP contribution in [0.1, 0.15) is 34.1 Å². The molecule has 90 valence electrons. The van der Waals surface area contributed by atoms with E-state index in [-0.39, 0.29) is 12.0 Å². The fraction of sp³-hybridized carbons (Fsp3) is 0.889. The molecule has 2 atom stereocenters. The van der Waals surface area contributed by atoms with Crippen molar-refractivity contribution in [2.45, 2.75) is 45.4 Å². The lowest BCUT2D eigenvalue weighted by Crippen LogP contribution is -2.44. The van der Waals surface area contributed by atoms with Gasteiger partial charge in [-0.2, -0.15) is 0 Å². The van der Waals surface area contributed by atoms with Crippen molar-refractivity contribution in [1.29, 1.82) is 0 Å². The van der Waals surface area contributed by atoms with Crippen molar-refractivity contribution in [3.8, 4) is 0 Å². The van der Waals surface area contributed by atoms with Gasteiger partial charge in [0, 0.05) is 6.04 Å². The summed E-state index contributed by atoms with van der Waals surface area (Å²) in [5, 5.41) is 7.21. The maximum Gasteiger partial charge on any atom is 0.323 e. The second-order valence-corrected chi connectivity index (χ2v) is 5.93. The molecule has 0 radical (unpaired) electrons. The van der Waals surface area contributed by atoms with Gasteiger partial charge < -0.3 is 5.11 Å². The van der Waals surface area contributed by atoms with E-state index in [1.165, 1.54) is 0 Å². The summed E-state index contributed by atoms with van der Waals surface area (Å²) in [5.41, 5.74) is 0. The molecule has 0 bridgehead atoms. The molecular formula is C9H19NO4S. The average molecular weight is 237 g/mol. The molecule has 0 saturated carbocycles. The first-order valence-electron chi connectivity index (χ1n) is 4.96. The third kappa shape index (κ3) is 4.17. The van der Waals surface area contributed by atoms with Crippen LogP contribution < -0.4 is 4.72 Å². The van der Waals surface area contributed by atoms with Gasteiger partial charge in [-0.3, -0.25) is 4.79 Å². The quantitative estimate of drug-likeness (QED) is 0.716. The van der Waals surface area contributed by atoms with Gasteiger partial charge in [-0.1, -0.05) is 20.8 Å². The summed E-state index contributed by atoms with van der Waals surface area (Å²) in [6.07, 6.45) is 0.642. The van der Waals surface area contributed by atoms with Gasteiger partial charge >= 0.3 is 5.97 Å². The van der Waals surface area contributed by atoms with Crippen LogP contribution in [0.15, 0.2) is 0 Å². The monoisotopic (exact) mass is 237 g/mol. The summed E-state index contributed by atoms with van der Waals surface area (Å²) in [6, 6.07) is -0.211. The molecule has 6 heteroatoms. The van der Waals surface area contributed by atoms with Crippen LogP contribution in [0.5, 0.6) is 0 Å². The summed E-state index contributed by atoms with van der Waals surface area (Å²) in [5.74, 6) is -1.19. The van der Waals surface area contributed by atoms with E-state index in [0.717, 1.165) is 6.92 Å². The summed E-state index contributed by atoms with van der Waals surface area (Å²) in [7, 11) is -3.77. The van der Waals surface area contributed by atoms with Crippen LogP contribution >= 0.6 is 0 Å². The molecule has 0 aliphatic rings. The molecule has 2 unspecified atom stereocenters. The number of hydrogen-bond donors (Lipinski definition) is 2. The fourth-order valence-electron chi connectivity index (χ4n) is 1.14. The van der Waals surface area contributed by atoms with Crippen molar-refractivity contribution < 1.29 is 18.3 Å². The molecule has 0 aromatic heterocycles. The van der Waals surface area contributed by atoms with Crippen molar-refractivity contribution in [3.05, 3.63) is 0 Å². The van der Waals surface area contributed by atoms with Gasteiger partial charge in [-0.25, -0.2) is 13.1 Å². The number of carboxylic acids is 1. The topological polar surface area (TPSA) is 83.5 Å². The maximum atomic E-state index is 11.6. The largest absolute Gasteiger partial charge is 0.480 e. The van der Waals surface area contributed by atoms with E-state index in [9.17, 15) is 13.2 Å². The van der Waals surface area contributed by atoms with Crippen LogP contribution in [-0.4, -0.2) is 30.8 Å². The third-order valence-electron chi connectivity index (χ3n) is 2.37. The zero-order valence-corrected chi connectivity index (χ0v) is 10.3. The molecule has 0 amide bonds.